The highest BCUT2D eigenvalue weighted by Crippen LogP contribution is 2.29. The molecule has 31 heavy (non-hydrogen) atoms. The van der Waals surface area contributed by atoms with Crippen molar-refractivity contribution in [3.63, 3.8) is 0 Å². The molecule has 2 heterocycles. The average molecular weight is 431 g/mol. The third-order valence-corrected chi connectivity index (χ3v) is 6.19. The minimum atomic E-state index is -0.108. The van der Waals surface area contributed by atoms with Gasteiger partial charge in [-0.05, 0) is 53.9 Å². The van der Waals surface area contributed by atoms with Gasteiger partial charge in [0.05, 0.1) is 5.75 Å². The van der Waals surface area contributed by atoms with Crippen LogP contribution in [0.25, 0.3) is 22.2 Å². The van der Waals surface area contributed by atoms with E-state index in [9.17, 15) is 4.79 Å². The third-order valence-electron chi connectivity index (χ3n) is 5.38. The molecular formula is C24H22N4O2S. The molecule has 0 saturated carbocycles. The predicted octanol–water partition coefficient (Wildman–Crippen LogP) is 5.22. The summed E-state index contributed by atoms with van der Waals surface area (Å²) in [5.74, 6) is 0.548. The highest BCUT2D eigenvalue weighted by atomic mass is 32.2. The van der Waals surface area contributed by atoms with Crippen LogP contribution in [-0.4, -0.2) is 34.9 Å². The van der Waals surface area contributed by atoms with E-state index in [2.05, 4.69) is 32.5 Å². The fourth-order valence-electron chi connectivity index (χ4n) is 3.84. The van der Waals surface area contributed by atoms with Crippen LogP contribution in [0.3, 0.4) is 0 Å². The molecule has 1 amide bonds. The van der Waals surface area contributed by atoms with Crippen LogP contribution in [0.1, 0.15) is 12.8 Å². The van der Waals surface area contributed by atoms with Gasteiger partial charge >= 0.3 is 0 Å². The topological polar surface area (TPSA) is 71.3 Å². The highest BCUT2D eigenvalue weighted by molar-refractivity contribution is 7.99. The van der Waals surface area contributed by atoms with Crippen molar-refractivity contribution >= 4 is 39.8 Å². The number of nitrogens with zero attached hydrogens (tertiary/aromatic N) is 3. The van der Waals surface area contributed by atoms with E-state index < -0.39 is 0 Å². The first-order chi connectivity index (χ1) is 15.3. The largest absolute Gasteiger partial charge is 0.411 e. The van der Waals surface area contributed by atoms with E-state index in [4.69, 9.17) is 4.42 Å². The molecule has 0 radical (unpaired) electrons. The first kappa shape index (κ1) is 19.6. The molecule has 0 unspecified atom stereocenters. The molecule has 0 aliphatic carbocycles. The summed E-state index contributed by atoms with van der Waals surface area (Å²) in [4.78, 5) is 14.7. The molecule has 156 valence electrons. The molecule has 1 aliphatic heterocycles. The van der Waals surface area contributed by atoms with Crippen molar-refractivity contribution in [2.24, 2.45) is 0 Å². The average Bonchev–Trinajstić information content (AvgIpc) is 3.50. The van der Waals surface area contributed by atoms with E-state index >= 15 is 0 Å². The molecule has 1 fully saturated rings. The van der Waals surface area contributed by atoms with Gasteiger partial charge in [-0.3, -0.25) is 4.79 Å². The van der Waals surface area contributed by atoms with Crippen molar-refractivity contribution in [3.8, 4) is 11.5 Å². The van der Waals surface area contributed by atoms with E-state index in [0.29, 0.717) is 11.1 Å². The maximum atomic E-state index is 12.3. The van der Waals surface area contributed by atoms with Crippen molar-refractivity contribution in [3.05, 3.63) is 66.7 Å². The summed E-state index contributed by atoms with van der Waals surface area (Å²) in [5.41, 5.74) is 2.88. The van der Waals surface area contributed by atoms with Crippen LogP contribution in [-0.2, 0) is 4.79 Å². The second-order valence-corrected chi connectivity index (χ2v) is 8.40. The van der Waals surface area contributed by atoms with Gasteiger partial charge in [-0.15, -0.1) is 10.2 Å². The SMILES string of the molecule is O=C(CSc1nnc(-c2cccc3ccccc23)o1)Nc1ccc(N2CCCC2)cc1. The molecule has 0 spiro atoms. The molecule has 1 saturated heterocycles. The number of thioether (sulfide) groups is 1. The lowest BCUT2D eigenvalue weighted by molar-refractivity contribution is -0.113. The fraction of sp³-hybridized carbons (Fsp3) is 0.208. The third kappa shape index (κ3) is 4.41. The number of nitrogens with one attached hydrogen (secondary N) is 1. The molecular weight excluding hydrogens is 408 g/mol. The first-order valence-corrected chi connectivity index (χ1v) is 11.3. The molecule has 1 aliphatic rings. The van der Waals surface area contributed by atoms with E-state index in [1.54, 1.807) is 0 Å². The molecule has 1 N–H and O–H groups in total. The second-order valence-electron chi connectivity index (χ2n) is 7.48. The number of carbonyl (C=O) groups excluding carboxylic acids is 1. The zero-order valence-corrected chi connectivity index (χ0v) is 17.8. The van der Waals surface area contributed by atoms with Crippen LogP contribution in [0.5, 0.6) is 0 Å². The molecule has 4 aromatic rings. The van der Waals surface area contributed by atoms with Gasteiger partial charge < -0.3 is 14.6 Å². The predicted molar refractivity (Wildman–Crippen MR) is 124 cm³/mol. The van der Waals surface area contributed by atoms with E-state index in [0.717, 1.165) is 35.1 Å². The summed E-state index contributed by atoms with van der Waals surface area (Å²) in [6.07, 6.45) is 2.49. The molecule has 7 heteroatoms. The Morgan fingerprint density at radius 2 is 1.74 bits per heavy atom. The maximum absolute atomic E-state index is 12.3. The summed E-state index contributed by atoms with van der Waals surface area (Å²) in [5, 5.41) is 13.7. The zero-order valence-electron chi connectivity index (χ0n) is 17.0. The highest BCUT2D eigenvalue weighted by Gasteiger charge is 2.14. The van der Waals surface area contributed by atoms with Crippen molar-refractivity contribution in [1.29, 1.82) is 0 Å². The smallest absolute Gasteiger partial charge is 0.277 e. The van der Waals surface area contributed by atoms with Gasteiger partial charge in [-0.1, -0.05) is 48.2 Å². The zero-order chi connectivity index (χ0) is 21.0. The number of amides is 1. The Balaban J connectivity index is 1.20. The molecule has 0 bridgehead atoms. The Morgan fingerprint density at radius 1 is 0.968 bits per heavy atom. The molecule has 6 nitrogen and oxygen atoms in total. The van der Waals surface area contributed by atoms with Crippen LogP contribution in [0.4, 0.5) is 11.4 Å². The van der Waals surface area contributed by atoms with Gasteiger partial charge in [-0.2, -0.15) is 0 Å². The minimum absolute atomic E-state index is 0.108. The van der Waals surface area contributed by atoms with Gasteiger partial charge in [0.25, 0.3) is 5.22 Å². The van der Waals surface area contributed by atoms with E-state index in [-0.39, 0.29) is 11.7 Å². The van der Waals surface area contributed by atoms with Gasteiger partial charge in [-0.25, -0.2) is 0 Å². The lowest BCUT2D eigenvalue weighted by Gasteiger charge is -2.17. The summed E-state index contributed by atoms with van der Waals surface area (Å²) in [6, 6.07) is 22.1. The Bertz CT molecular complexity index is 1190. The van der Waals surface area contributed by atoms with E-state index in [1.807, 2.05) is 54.6 Å². The Hall–Kier alpha value is -3.32. The normalized spacial score (nSPS) is 13.6. The summed E-state index contributed by atoms with van der Waals surface area (Å²) in [7, 11) is 0. The second kappa shape index (κ2) is 8.81. The van der Waals surface area contributed by atoms with Crippen LogP contribution in [0.15, 0.2) is 76.4 Å². The Morgan fingerprint density at radius 3 is 2.58 bits per heavy atom. The number of hydrogen-bond donors (Lipinski definition) is 1. The molecule has 0 atom stereocenters. The standard InChI is InChI=1S/C24H22N4O2S/c29-22(25-18-10-12-19(13-11-18)28-14-3-4-15-28)16-31-24-27-26-23(30-24)21-9-5-7-17-6-1-2-8-20(17)21/h1-2,5-13H,3-4,14-16H2,(H,25,29). The van der Waals surface area contributed by atoms with Crippen molar-refractivity contribution in [1.82, 2.24) is 10.2 Å². The number of benzene rings is 3. The van der Waals surface area contributed by atoms with Gasteiger partial charge in [0, 0.05) is 30.0 Å². The van der Waals surface area contributed by atoms with Gasteiger partial charge in [0.15, 0.2) is 0 Å². The summed E-state index contributed by atoms with van der Waals surface area (Å²) in [6.45, 7) is 2.21. The van der Waals surface area contributed by atoms with Crippen molar-refractivity contribution in [2.45, 2.75) is 18.1 Å². The number of rotatable bonds is 6. The lowest BCUT2D eigenvalue weighted by atomic mass is 10.0. The quantitative estimate of drug-likeness (QED) is 0.423. The van der Waals surface area contributed by atoms with Gasteiger partial charge in [0.2, 0.25) is 11.8 Å². The monoisotopic (exact) mass is 430 g/mol. The molecule has 3 aromatic carbocycles. The van der Waals surface area contributed by atoms with E-state index in [1.165, 1.54) is 30.3 Å². The number of aromatic nitrogens is 2. The number of carbonyl (C=O) groups is 1. The summed E-state index contributed by atoms with van der Waals surface area (Å²) >= 11 is 1.23. The van der Waals surface area contributed by atoms with Gasteiger partial charge in [0.1, 0.15) is 0 Å². The number of fused-ring (bicyclic) bond motifs is 1. The Labute approximate surface area is 184 Å². The minimum Gasteiger partial charge on any atom is -0.411 e. The van der Waals surface area contributed by atoms with Crippen LogP contribution in [0.2, 0.25) is 0 Å². The number of anilines is 2. The van der Waals surface area contributed by atoms with Crippen molar-refractivity contribution in [2.75, 3.05) is 29.1 Å². The Kier molecular flexibility index (Phi) is 5.58. The molecule has 5 rings (SSSR count). The van der Waals surface area contributed by atoms with Crippen molar-refractivity contribution < 1.29 is 9.21 Å². The maximum Gasteiger partial charge on any atom is 0.277 e. The summed E-state index contributed by atoms with van der Waals surface area (Å²) < 4.78 is 5.81. The van der Waals surface area contributed by atoms with Crippen LogP contribution in [0, 0.1) is 0 Å². The number of hydrogen-bond acceptors (Lipinski definition) is 6. The van der Waals surface area contributed by atoms with Crippen LogP contribution >= 0.6 is 11.8 Å². The van der Waals surface area contributed by atoms with Crippen LogP contribution < -0.4 is 10.2 Å². The first-order valence-electron chi connectivity index (χ1n) is 10.4. The molecule has 1 aromatic heterocycles. The fourth-order valence-corrected chi connectivity index (χ4v) is 4.41. The lowest BCUT2D eigenvalue weighted by Crippen LogP contribution is -2.18.